The summed E-state index contributed by atoms with van der Waals surface area (Å²) in [5.74, 6) is 1.74. The molecule has 0 amide bonds. The molecule has 2 heteroatoms. The molecule has 0 aliphatic carbocycles. The Balaban J connectivity index is 0.000000771. The van der Waals surface area contributed by atoms with Crippen molar-refractivity contribution < 1.29 is 4.74 Å². The van der Waals surface area contributed by atoms with Crippen LogP contribution in [-0.2, 0) is 0 Å². The summed E-state index contributed by atoms with van der Waals surface area (Å²) in [4.78, 5) is 2.39. The highest BCUT2D eigenvalue weighted by Crippen LogP contribution is 2.18. The molecule has 2 rings (SSSR count). The standard InChI is InChI=1S/C14H21NO.C2H6/c1-12-3-5-14(6-4-12)16-11-13-7-9-15(2)10-8-13;1-2/h3-6,13H,7-11H2,1-2H3;1-2H3. The van der Waals surface area contributed by atoms with E-state index in [1.165, 1.54) is 31.5 Å². The largest absolute Gasteiger partial charge is 0.493 e. The first kappa shape index (κ1) is 15.0. The second-order valence-corrected chi connectivity index (χ2v) is 4.87. The van der Waals surface area contributed by atoms with E-state index < -0.39 is 0 Å². The fourth-order valence-electron chi connectivity index (χ4n) is 2.08. The minimum atomic E-state index is 0.734. The van der Waals surface area contributed by atoms with Gasteiger partial charge in [0.25, 0.3) is 0 Å². The maximum Gasteiger partial charge on any atom is 0.119 e. The zero-order valence-corrected chi connectivity index (χ0v) is 12.3. The van der Waals surface area contributed by atoms with Crippen molar-refractivity contribution in [3.05, 3.63) is 29.8 Å². The van der Waals surface area contributed by atoms with Crippen molar-refractivity contribution in [3.63, 3.8) is 0 Å². The fourth-order valence-corrected chi connectivity index (χ4v) is 2.08. The maximum absolute atomic E-state index is 5.82. The summed E-state index contributed by atoms with van der Waals surface area (Å²) < 4.78 is 5.82. The van der Waals surface area contributed by atoms with Gasteiger partial charge in [-0.2, -0.15) is 0 Å². The molecule has 0 saturated carbocycles. The lowest BCUT2D eigenvalue weighted by Crippen LogP contribution is -2.32. The molecule has 2 nitrogen and oxygen atoms in total. The van der Waals surface area contributed by atoms with Crippen molar-refractivity contribution in [2.24, 2.45) is 5.92 Å². The molecule has 1 fully saturated rings. The van der Waals surface area contributed by atoms with Crippen molar-refractivity contribution in [2.45, 2.75) is 33.6 Å². The molecule has 0 aromatic heterocycles. The molecule has 102 valence electrons. The first-order chi connectivity index (χ1) is 8.74. The predicted molar refractivity (Wildman–Crippen MR) is 78.2 cm³/mol. The minimum absolute atomic E-state index is 0.734. The van der Waals surface area contributed by atoms with E-state index in [1.54, 1.807) is 0 Å². The molecule has 1 aliphatic rings. The zero-order chi connectivity index (χ0) is 13.4. The maximum atomic E-state index is 5.82. The van der Waals surface area contributed by atoms with E-state index in [1.807, 2.05) is 13.8 Å². The van der Waals surface area contributed by atoms with E-state index in [9.17, 15) is 0 Å². The van der Waals surface area contributed by atoms with Gasteiger partial charge in [0.1, 0.15) is 5.75 Å². The lowest BCUT2D eigenvalue weighted by atomic mass is 9.98. The van der Waals surface area contributed by atoms with Crippen LogP contribution < -0.4 is 4.74 Å². The molecule has 0 radical (unpaired) electrons. The summed E-state index contributed by atoms with van der Waals surface area (Å²) in [6, 6.07) is 8.32. The average molecular weight is 249 g/mol. The van der Waals surface area contributed by atoms with E-state index in [2.05, 4.69) is 43.1 Å². The first-order valence-corrected chi connectivity index (χ1v) is 7.12. The monoisotopic (exact) mass is 249 g/mol. The topological polar surface area (TPSA) is 12.5 Å². The number of piperidine rings is 1. The fraction of sp³-hybridized carbons (Fsp3) is 0.625. The van der Waals surface area contributed by atoms with Gasteiger partial charge in [0.15, 0.2) is 0 Å². The summed E-state index contributed by atoms with van der Waals surface area (Å²) in [5.41, 5.74) is 1.28. The van der Waals surface area contributed by atoms with Gasteiger partial charge in [0.2, 0.25) is 0 Å². The number of rotatable bonds is 3. The Kier molecular flexibility index (Phi) is 6.81. The Morgan fingerprint density at radius 1 is 1.11 bits per heavy atom. The summed E-state index contributed by atoms with van der Waals surface area (Å²) in [7, 11) is 2.19. The van der Waals surface area contributed by atoms with E-state index >= 15 is 0 Å². The van der Waals surface area contributed by atoms with Crippen LogP contribution in [0.4, 0.5) is 0 Å². The Morgan fingerprint density at radius 2 is 1.67 bits per heavy atom. The van der Waals surface area contributed by atoms with Gasteiger partial charge >= 0.3 is 0 Å². The molecule has 0 N–H and O–H groups in total. The number of hydrogen-bond acceptors (Lipinski definition) is 2. The van der Waals surface area contributed by atoms with Crippen LogP contribution in [0.25, 0.3) is 0 Å². The molecule has 0 spiro atoms. The van der Waals surface area contributed by atoms with Crippen molar-refractivity contribution in [2.75, 3.05) is 26.7 Å². The van der Waals surface area contributed by atoms with E-state index in [0.717, 1.165) is 18.3 Å². The van der Waals surface area contributed by atoms with Gasteiger partial charge in [-0.1, -0.05) is 31.5 Å². The Morgan fingerprint density at radius 3 is 2.22 bits per heavy atom. The van der Waals surface area contributed by atoms with E-state index in [0.29, 0.717) is 0 Å². The van der Waals surface area contributed by atoms with Crippen molar-refractivity contribution in [1.29, 1.82) is 0 Å². The van der Waals surface area contributed by atoms with Crippen LogP contribution >= 0.6 is 0 Å². The zero-order valence-electron chi connectivity index (χ0n) is 12.3. The van der Waals surface area contributed by atoms with Crippen LogP contribution in [0.2, 0.25) is 0 Å². The van der Waals surface area contributed by atoms with Gasteiger partial charge in [-0.05, 0) is 58.0 Å². The molecule has 18 heavy (non-hydrogen) atoms. The summed E-state index contributed by atoms with van der Waals surface area (Å²) >= 11 is 0. The highest BCUT2D eigenvalue weighted by molar-refractivity contribution is 5.26. The third-order valence-corrected chi connectivity index (χ3v) is 3.34. The second kappa shape index (κ2) is 8.15. The summed E-state index contributed by atoms with van der Waals surface area (Å²) in [6.45, 7) is 9.39. The quantitative estimate of drug-likeness (QED) is 0.809. The van der Waals surface area contributed by atoms with Crippen LogP contribution in [0.5, 0.6) is 5.75 Å². The van der Waals surface area contributed by atoms with Gasteiger partial charge in [-0.25, -0.2) is 0 Å². The van der Waals surface area contributed by atoms with Crippen molar-refractivity contribution in [1.82, 2.24) is 4.90 Å². The van der Waals surface area contributed by atoms with E-state index in [-0.39, 0.29) is 0 Å². The van der Waals surface area contributed by atoms with Crippen molar-refractivity contribution in [3.8, 4) is 5.75 Å². The molecule has 0 atom stereocenters. The normalized spacial score (nSPS) is 16.9. The highest BCUT2D eigenvalue weighted by Gasteiger charge is 2.16. The SMILES string of the molecule is CC.Cc1ccc(OCC2CCN(C)CC2)cc1. The number of benzene rings is 1. The number of nitrogens with zero attached hydrogens (tertiary/aromatic N) is 1. The molecule has 1 aromatic rings. The Labute approximate surface area is 112 Å². The average Bonchev–Trinajstić information content (AvgIpc) is 2.42. The van der Waals surface area contributed by atoms with Gasteiger partial charge in [-0.3, -0.25) is 0 Å². The summed E-state index contributed by atoms with van der Waals surface area (Å²) in [6.07, 6.45) is 2.53. The molecule has 1 aromatic carbocycles. The lowest BCUT2D eigenvalue weighted by molar-refractivity contribution is 0.160. The van der Waals surface area contributed by atoms with Crippen LogP contribution in [0, 0.1) is 12.8 Å². The van der Waals surface area contributed by atoms with Gasteiger partial charge < -0.3 is 9.64 Å². The van der Waals surface area contributed by atoms with Crippen molar-refractivity contribution >= 4 is 0 Å². The summed E-state index contributed by atoms with van der Waals surface area (Å²) in [5, 5.41) is 0. The van der Waals surface area contributed by atoms with Crippen LogP contribution in [0.1, 0.15) is 32.3 Å². The third-order valence-electron chi connectivity index (χ3n) is 3.34. The molecular weight excluding hydrogens is 222 g/mol. The third kappa shape index (κ3) is 5.09. The lowest BCUT2D eigenvalue weighted by Gasteiger charge is -2.28. The van der Waals surface area contributed by atoms with Crippen LogP contribution in [-0.4, -0.2) is 31.6 Å². The second-order valence-electron chi connectivity index (χ2n) is 4.87. The Hall–Kier alpha value is -1.02. The molecule has 1 heterocycles. The van der Waals surface area contributed by atoms with Crippen LogP contribution in [0.3, 0.4) is 0 Å². The molecule has 0 unspecified atom stereocenters. The molecule has 1 aliphatic heterocycles. The first-order valence-electron chi connectivity index (χ1n) is 7.12. The number of likely N-dealkylation sites (tertiary alicyclic amines) is 1. The Bertz CT molecular complexity index is 312. The van der Waals surface area contributed by atoms with Crippen LogP contribution in [0.15, 0.2) is 24.3 Å². The van der Waals surface area contributed by atoms with Gasteiger partial charge in [0.05, 0.1) is 6.61 Å². The predicted octanol–water partition coefficient (Wildman–Crippen LogP) is 3.74. The minimum Gasteiger partial charge on any atom is -0.493 e. The molecule has 1 saturated heterocycles. The van der Waals surface area contributed by atoms with Gasteiger partial charge in [0, 0.05) is 0 Å². The van der Waals surface area contributed by atoms with E-state index in [4.69, 9.17) is 4.74 Å². The number of hydrogen-bond donors (Lipinski definition) is 0. The molecule has 0 bridgehead atoms. The molecular formula is C16H27NO. The highest BCUT2D eigenvalue weighted by atomic mass is 16.5. The smallest absolute Gasteiger partial charge is 0.119 e. The number of aryl methyl sites for hydroxylation is 1. The number of ether oxygens (including phenoxy) is 1. The van der Waals surface area contributed by atoms with Gasteiger partial charge in [-0.15, -0.1) is 0 Å².